The van der Waals surface area contributed by atoms with E-state index in [2.05, 4.69) is 0 Å². The highest BCUT2D eigenvalue weighted by atomic mass is 32.2. The molecular formula is C14H24O3S. The van der Waals surface area contributed by atoms with Gasteiger partial charge in [-0.05, 0) is 44.1 Å². The Morgan fingerprint density at radius 1 is 1.22 bits per heavy atom. The Labute approximate surface area is 111 Å². The first-order chi connectivity index (χ1) is 8.49. The van der Waals surface area contributed by atoms with Gasteiger partial charge in [0, 0.05) is 5.41 Å². The van der Waals surface area contributed by atoms with Gasteiger partial charge in [-0.15, -0.1) is 0 Å². The molecule has 2 rings (SSSR count). The third-order valence-corrected chi connectivity index (χ3v) is 6.03. The van der Waals surface area contributed by atoms with Gasteiger partial charge in [0.25, 0.3) is 0 Å². The van der Waals surface area contributed by atoms with Crippen molar-refractivity contribution in [3.8, 4) is 0 Å². The summed E-state index contributed by atoms with van der Waals surface area (Å²) in [5.74, 6) is 0.632. The lowest BCUT2D eigenvalue weighted by molar-refractivity contribution is 0.125. The molecule has 0 amide bonds. The first-order valence-corrected chi connectivity index (χ1v) is 8.81. The van der Waals surface area contributed by atoms with Crippen molar-refractivity contribution < 1.29 is 13.2 Å². The minimum Gasteiger partial charge on any atom is -0.501 e. The fourth-order valence-electron chi connectivity index (χ4n) is 2.99. The van der Waals surface area contributed by atoms with Crippen LogP contribution in [0.2, 0.25) is 0 Å². The number of rotatable bonds is 3. The van der Waals surface area contributed by atoms with Crippen LogP contribution >= 0.6 is 0 Å². The molecule has 4 heteroatoms. The van der Waals surface area contributed by atoms with Crippen LogP contribution in [0.5, 0.6) is 0 Å². The molecule has 2 fully saturated rings. The average Bonchev–Trinajstić information content (AvgIpc) is 2.28. The zero-order chi connectivity index (χ0) is 13.1. The fraction of sp³-hybridized carbons (Fsp3) is 0.857. The lowest BCUT2D eigenvalue weighted by atomic mass is 9.88. The van der Waals surface area contributed by atoms with Gasteiger partial charge in [-0.1, -0.05) is 13.3 Å². The Morgan fingerprint density at radius 3 is 2.61 bits per heavy atom. The molecule has 18 heavy (non-hydrogen) atoms. The van der Waals surface area contributed by atoms with Crippen molar-refractivity contribution >= 4 is 9.84 Å². The molecular weight excluding hydrogens is 248 g/mol. The van der Waals surface area contributed by atoms with E-state index < -0.39 is 9.84 Å². The maximum absolute atomic E-state index is 11.7. The van der Waals surface area contributed by atoms with E-state index in [4.69, 9.17) is 4.74 Å². The summed E-state index contributed by atoms with van der Waals surface area (Å²) < 4.78 is 29.0. The summed E-state index contributed by atoms with van der Waals surface area (Å²) in [6.07, 6.45) is 9.78. The molecule has 0 bridgehead atoms. The van der Waals surface area contributed by atoms with Crippen LogP contribution in [0.3, 0.4) is 0 Å². The minimum atomic E-state index is -2.85. The van der Waals surface area contributed by atoms with E-state index in [1.54, 1.807) is 0 Å². The van der Waals surface area contributed by atoms with Crippen LogP contribution in [0.15, 0.2) is 11.8 Å². The van der Waals surface area contributed by atoms with Crippen molar-refractivity contribution in [3.63, 3.8) is 0 Å². The summed E-state index contributed by atoms with van der Waals surface area (Å²) in [4.78, 5) is 0. The normalized spacial score (nSPS) is 31.9. The highest BCUT2D eigenvalue weighted by molar-refractivity contribution is 7.91. The second kappa shape index (κ2) is 5.64. The fourth-order valence-corrected chi connectivity index (χ4v) is 5.01. The molecule has 0 aromatic carbocycles. The largest absolute Gasteiger partial charge is 0.501 e. The van der Waals surface area contributed by atoms with Crippen LogP contribution in [-0.2, 0) is 14.6 Å². The Bertz CT molecular complexity index is 403. The summed E-state index contributed by atoms with van der Waals surface area (Å²) >= 11 is 0. The second-order valence-corrected chi connectivity index (χ2v) is 8.34. The van der Waals surface area contributed by atoms with Gasteiger partial charge in [-0.2, -0.15) is 0 Å². The summed E-state index contributed by atoms with van der Waals surface area (Å²) in [6, 6.07) is 0. The molecule has 0 aromatic rings. The van der Waals surface area contributed by atoms with Crippen molar-refractivity contribution in [3.05, 3.63) is 11.8 Å². The Morgan fingerprint density at radius 2 is 1.94 bits per heavy atom. The monoisotopic (exact) mass is 272 g/mol. The van der Waals surface area contributed by atoms with E-state index in [9.17, 15) is 8.42 Å². The molecule has 1 saturated carbocycles. The van der Waals surface area contributed by atoms with Gasteiger partial charge < -0.3 is 4.74 Å². The Kier molecular flexibility index (Phi) is 4.36. The maximum atomic E-state index is 11.7. The predicted octanol–water partition coefficient (Wildman–Crippen LogP) is 3.07. The zero-order valence-corrected chi connectivity index (χ0v) is 12.1. The number of ether oxygens (including phenoxy) is 1. The van der Waals surface area contributed by atoms with Gasteiger partial charge in [0.1, 0.15) is 0 Å². The molecule has 1 aliphatic carbocycles. The quantitative estimate of drug-likeness (QED) is 0.742. The molecule has 0 radical (unpaired) electrons. The highest BCUT2D eigenvalue weighted by Crippen LogP contribution is 2.31. The summed E-state index contributed by atoms with van der Waals surface area (Å²) in [7, 11) is -2.85. The molecule has 1 aliphatic heterocycles. The molecule has 1 atom stereocenters. The Hall–Kier alpha value is -0.510. The van der Waals surface area contributed by atoms with Crippen LogP contribution in [-0.4, -0.2) is 26.5 Å². The van der Waals surface area contributed by atoms with E-state index in [0.717, 1.165) is 25.7 Å². The lowest BCUT2D eigenvalue weighted by Crippen LogP contribution is -2.37. The third kappa shape index (κ3) is 4.01. The topological polar surface area (TPSA) is 43.4 Å². The molecule has 0 aromatic heterocycles. The molecule has 104 valence electrons. The van der Waals surface area contributed by atoms with Gasteiger partial charge >= 0.3 is 0 Å². The van der Waals surface area contributed by atoms with Crippen molar-refractivity contribution in [1.82, 2.24) is 0 Å². The van der Waals surface area contributed by atoms with E-state index in [-0.39, 0.29) is 11.2 Å². The SMILES string of the molecule is CC1(COC=C2CCCCC2)CCCS(=O)(=O)C1. The highest BCUT2D eigenvalue weighted by Gasteiger charge is 2.35. The third-order valence-electron chi connectivity index (χ3n) is 3.98. The van der Waals surface area contributed by atoms with Crippen molar-refractivity contribution in [2.75, 3.05) is 18.1 Å². The van der Waals surface area contributed by atoms with Crippen LogP contribution in [0.25, 0.3) is 0 Å². The number of hydrogen-bond donors (Lipinski definition) is 0. The van der Waals surface area contributed by atoms with Crippen LogP contribution in [0.4, 0.5) is 0 Å². The standard InChI is InChI=1S/C14H24O3S/c1-14(8-5-9-18(15,16)12-14)11-17-10-13-6-3-2-4-7-13/h10H,2-9,11-12H2,1H3. The van der Waals surface area contributed by atoms with E-state index >= 15 is 0 Å². The lowest BCUT2D eigenvalue weighted by Gasteiger charge is -2.32. The molecule has 0 N–H and O–H groups in total. The number of allylic oxidation sites excluding steroid dienone is 1. The van der Waals surface area contributed by atoms with Gasteiger partial charge in [-0.3, -0.25) is 0 Å². The van der Waals surface area contributed by atoms with Crippen molar-refractivity contribution in [1.29, 1.82) is 0 Å². The molecule has 1 unspecified atom stereocenters. The van der Waals surface area contributed by atoms with Crippen LogP contribution in [0, 0.1) is 5.41 Å². The first kappa shape index (κ1) is 13.9. The summed E-state index contributed by atoms with van der Waals surface area (Å²) in [5, 5.41) is 0. The van der Waals surface area contributed by atoms with Gasteiger partial charge in [0.2, 0.25) is 0 Å². The zero-order valence-electron chi connectivity index (χ0n) is 11.3. The smallest absolute Gasteiger partial charge is 0.150 e. The minimum absolute atomic E-state index is 0.192. The van der Waals surface area contributed by atoms with Crippen LogP contribution < -0.4 is 0 Å². The van der Waals surface area contributed by atoms with Gasteiger partial charge in [0.05, 0.1) is 24.4 Å². The molecule has 0 spiro atoms. The molecule has 1 saturated heterocycles. The first-order valence-electron chi connectivity index (χ1n) is 6.99. The van der Waals surface area contributed by atoms with E-state index in [0.29, 0.717) is 12.4 Å². The summed E-state index contributed by atoms with van der Waals surface area (Å²) in [5.41, 5.74) is 1.20. The second-order valence-electron chi connectivity index (χ2n) is 6.15. The van der Waals surface area contributed by atoms with Crippen LogP contribution in [0.1, 0.15) is 51.9 Å². The Balaban J connectivity index is 1.85. The number of hydrogen-bond acceptors (Lipinski definition) is 3. The summed E-state index contributed by atoms with van der Waals surface area (Å²) in [6.45, 7) is 2.57. The van der Waals surface area contributed by atoms with E-state index in [1.165, 1.54) is 24.8 Å². The van der Waals surface area contributed by atoms with Crippen molar-refractivity contribution in [2.45, 2.75) is 51.9 Å². The number of sulfone groups is 1. The van der Waals surface area contributed by atoms with Gasteiger partial charge in [-0.25, -0.2) is 8.42 Å². The van der Waals surface area contributed by atoms with Gasteiger partial charge in [0.15, 0.2) is 9.84 Å². The molecule has 3 nitrogen and oxygen atoms in total. The average molecular weight is 272 g/mol. The predicted molar refractivity (Wildman–Crippen MR) is 73.1 cm³/mol. The molecule has 2 aliphatic rings. The molecule has 1 heterocycles. The van der Waals surface area contributed by atoms with Crippen molar-refractivity contribution in [2.24, 2.45) is 5.41 Å². The maximum Gasteiger partial charge on any atom is 0.150 e. The van der Waals surface area contributed by atoms with E-state index in [1.807, 2.05) is 13.2 Å².